The lowest BCUT2D eigenvalue weighted by Gasteiger charge is -2.26. The monoisotopic (exact) mass is 614 g/mol. The number of ether oxygens (including phenoxy) is 1. The van der Waals surface area contributed by atoms with Crippen molar-refractivity contribution in [3.8, 4) is 44.9 Å². The molecule has 228 valence electrons. The molecule has 9 rings (SSSR count). The van der Waals surface area contributed by atoms with Crippen LogP contribution in [0, 0.1) is 0 Å². The number of benzene rings is 8. The molecule has 0 N–H and O–H groups in total. The predicted molar refractivity (Wildman–Crippen MR) is 207 cm³/mol. The van der Waals surface area contributed by atoms with E-state index in [1.807, 2.05) is 12.2 Å². The summed E-state index contributed by atoms with van der Waals surface area (Å²) < 4.78 is 6.88. The van der Waals surface area contributed by atoms with Gasteiger partial charge >= 0.3 is 0 Å². The van der Waals surface area contributed by atoms with Crippen LogP contribution in [0.4, 0.5) is 0 Å². The second-order valence-electron chi connectivity index (χ2n) is 13.2. The fourth-order valence-corrected chi connectivity index (χ4v) is 7.59. The first kappa shape index (κ1) is 28.3. The van der Waals surface area contributed by atoms with E-state index in [-0.39, 0.29) is 0 Å². The molecule has 1 aliphatic heterocycles. The van der Waals surface area contributed by atoms with E-state index in [4.69, 9.17) is 4.74 Å². The van der Waals surface area contributed by atoms with E-state index in [0.717, 1.165) is 50.1 Å². The van der Waals surface area contributed by atoms with Gasteiger partial charge in [-0.05, 0) is 119 Å². The van der Waals surface area contributed by atoms with Crippen LogP contribution in [-0.4, -0.2) is 0 Å². The van der Waals surface area contributed by atoms with E-state index in [2.05, 4.69) is 154 Å². The SMILES string of the molecule is C=Cc1cc2c3c(cccc3c1C=C)-c1cc(C(C)C)cc(-c3ccc4cc(-c5ccc6c(ccc7ccccc76)c5)ccc4c3)c1O2. The highest BCUT2D eigenvalue weighted by atomic mass is 16.5. The van der Waals surface area contributed by atoms with Gasteiger partial charge in [-0.15, -0.1) is 0 Å². The van der Waals surface area contributed by atoms with E-state index in [1.54, 1.807) is 0 Å². The van der Waals surface area contributed by atoms with Crippen LogP contribution in [-0.2, 0) is 0 Å². The molecule has 0 fully saturated rings. The summed E-state index contributed by atoms with van der Waals surface area (Å²) in [4.78, 5) is 0. The van der Waals surface area contributed by atoms with Crippen molar-refractivity contribution in [3.05, 3.63) is 157 Å². The first-order valence-corrected chi connectivity index (χ1v) is 16.7. The third-order valence-corrected chi connectivity index (χ3v) is 10.1. The van der Waals surface area contributed by atoms with Crippen LogP contribution in [0.5, 0.6) is 11.5 Å². The number of fused-ring (bicyclic) bond motifs is 6. The van der Waals surface area contributed by atoms with Gasteiger partial charge in [0.1, 0.15) is 11.5 Å². The van der Waals surface area contributed by atoms with Crippen molar-refractivity contribution in [3.63, 3.8) is 0 Å². The average Bonchev–Trinajstić information content (AvgIpc) is 3.13. The van der Waals surface area contributed by atoms with Gasteiger partial charge < -0.3 is 4.74 Å². The largest absolute Gasteiger partial charge is 0.455 e. The van der Waals surface area contributed by atoms with Crippen LogP contribution >= 0.6 is 0 Å². The standard InChI is InChI=1S/C47H34O/c1-5-29-27-45-46-41(38(29)6-2)12-9-13-42(46)44-26-37(28(3)4)25-43(47(44)48-45)36-19-17-32-22-31(15-16-33(32)24-36)34-20-21-40-35(23-34)18-14-30-10-7-8-11-39(30)40/h5-28H,1-2H2,3-4H3. The van der Waals surface area contributed by atoms with E-state index in [0.29, 0.717) is 5.92 Å². The first-order chi connectivity index (χ1) is 23.5. The molecule has 0 atom stereocenters. The van der Waals surface area contributed by atoms with Gasteiger partial charge in [-0.25, -0.2) is 0 Å². The summed E-state index contributed by atoms with van der Waals surface area (Å²) in [5.74, 6) is 2.13. The molecule has 0 amide bonds. The Bertz CT molecular complexity index is 2650. The Kier molecular flexibility index (Phi) is 6.39. The molecule has 1 heterocycles. The molecule has 1 heteroatoms. The smallest absolute Gasteiger partial charge is 0.143 e. The maximum absolute atomic E-state index is 6.88. The molecule has 8 aromatic carbocycles. The summed E-state index contributed by atoms with van der Waals surface area (Å²) in [6, 6.07) is 46.7. The minimum Gasteiger partial charge on any atom is -0.455 e. The zero-order valence-electron chi connectivity index (χ0n) is 27.2. The van der Waals surface area contributed by atoms with Crippen LogP contribution in [0.15, 0.2) is 141 Å². The van der Waals surface area contributed by atoms with E-state index in [9.17, 15) is 0 Å². The molecule has 0 saturated carbocycles. The molecule has 8 aromatic rings. The van der Waals surface area contributed by atoms with Gasteiger partial charge in [-0.2, -0.15) is 0 Å². The van der Waals surface area contributed by atoms with Crippen molar-refractivity contribution in [2.24, 2.45) is 0 Å². The van der Waals surface area contributed by atoms with E-state index in [1.165, 1.54) is 54.6 Å². The normalized spacial score (nSPS) is 12.1. The second-order valence-corrected chi connectivity index (χ2v) is 13.2. The minimum atomic E-state index is 0.365. The fraction of sp³-hybridized carbons (Fsp3) is 0.0638. The summed E-state index contributed by atoms with van der Waals surface area (Å²) in [7, 11) is 0. The third kappa shape index (κ3) is 4.32. The summed E-state index contributed by atoms with van der Waals surface area (Å²) in [5, 5.41) is 9.80. The van der Waals surface area contributed by atoms with Crippen molar-refractivity contribution < 1.29 is 4.74 Å². The lowest BCUT2D eigenvalue weighted by atomic mass is 9.85. The zero-order chi connectivity index (χ0) is 32.5. The summed E-state index contributed by atoms with van der Waals surface area (Å²) in [6.45, 7) is 12.7. The quantitative estimate of drug-likeness (QED) is 0.175. The zero-order valence-corrected chi connectivity index (χ0v) is 27.2. The van der Waals surface area contributed by atoms with Crippen molar-refractivity contribution in [2.45, 2.75) is 19.8 Å². The van der Waals surface area contributed by atoms with Gasteiger partial charge in [-0.1, -0.05) is 130 Å². The average molecular weight is 615 g/mol. The van der Waals surface area contributed by atoms with Crippen LogP contribution in [0.2, 0.25) is 0 Å². The molecule has 0 radical (unpaired) electrons. The summed E-state index contributed by atoms with van der Waals surface area (Å²) >= 11 is 0. The van der Waals surface area contributed by atoms with Gasteiger partial charge in [0.05, 0.1) is 0 Å². The Hall–Kier alpha value is -5.92. The van der Waals surface area contributed by atoms with Crippen LogP contribution in [0.25, 0.3) is 88.6 Å². The second kappa shape index (κ2) is 10.8. The summed E-state index contributed by atoms with van der Waals surface area (Å²) in [6.07, 6.45) is 3.81. The fourth-order valence-electron chi connectivity index (χ4n) is 7.59. The van der Waals surface area contributed by atoms with Crippen LogP contribution in [0.1, 0.15) is 36.5 Å². The van der Waals surface area contributed by atoms with Gasteiger partial charge in [0.2, 0.25) is 0 Å². The topological polar surface area (TPSA) is 9.23 Å². The predicted octanol–water partition coefficient (Wildman–Crippen LogP) is 13.8. The van der Waals surface area contributed by atoms with Gasteiger partial charge in [0.25, 0.3) is 0 Å². The molecule has 48 heavy (non-hydrogen) atoms. The molecule has 0 spiro atoms. The number of hydrogen-bond donors (Lipinski definition) is 0. The lowest BCUT2D eigenvalue weighted by Crippen LogP contribution is -2.03. The summed E-state index contributed by atoms with van der Waals surface area (Å²) in [5.41, 5.74) is 10.4. The Labute approximate surface area is 281 Å². The van der Waals surface area contributed by atoms with Crippen molar-refractivity contribution in [2.75, 3.05) is 0 Å². The van der Waals surface area contributed by atoms with Gasteiger partial charge in [-0.3, -0.25) is 0 Å². The first-order valence-electron chi connectivity index (χ1n) is 16.7. The van der Waals surface area contributed by atoms with Crippen molar-refractivity contribution in [1.29, 1.82) is 0 Å². The Morgan fingerprint density at radius 1 is 0.521 bits per heavy atom. The van der Waals surface area contributed by atoms with Crippen LogP contribution < -0.4 is 4.74 Å². The maximum atomic E-state index is 6.88. The Morgan fingerprint density at radius 2 is 1.17 bits per heavy atom. The lowest BCUT2D eigenvalue weighted by molar-refractivity contribution is 0.488. The molecular formula is C47H34O. The molecule has 0 aromatic heterocycles. The Morgan fingerprint density at radius 3 is 1.96 bits per heavy atom. The van der Waals surface area contributed by atoms with Crippen LogP contribution in [0.3, 0.4) is 0 Å². The highest BCUT2D eigenvalue weighted by Gasteiger charge is 2.26. The van der Waals surface area contributed by atoms with E-state index < -0.39 is 0 Å². The highest BCUT2D eigenvalue weighted by Crippen LogP contribution is 2.52. The molecule has 0 aliphatic carbocycles. The maximum Gasteiger partial charge on any atom is 0.143 e. The molecule has 1 nitrogen and oxygen atoms in total. The van der Waals surface area contributed by atoms with Crippen molar-refractivity contribution >= 4 is 55.2 Å². The number of rotatable bonds is 5. The van der Waals surface area contributed by atoms with Crippen molar-refractivity contribution in [1.82, 2.24) is 0 Å². The highest BCUT2D eigenvalue weighted by molar-refractivity contribution is 6.10. The molecule has 0 unspecified atom stereocenters. The Balaban J connectivity index is 1.17. The number of hydrogen-bond acceptors (Lipinski definition) is 1. The molecular weight excluding hydrogens is 581 g/mol. The molecule has 0 bridgehead atoms. The third-order valence-electron chi connectivity index (χ3n) is 10.1. The minimum absolute atomic E-state index is 0.365. The van der Waals surface area contributed by atoms with Gasteiger partial charge in [0, 0.05) is 16.5 Å². The van der Waals surface area contributed by atoms with Gasteiger partial charge in [0.15, 0.2) is 0 Å². The molecule has 0 saturated heterocycles. The van der Waals surface area contributed by atoms with E-state index >= 15 is 0 Å². The molecule has 1 aliphatic rings.